The summed E-state index contributed by atoms with van der Waals surface area (Å²) in [6.07, 6.45) is 3.96. The van der Waals surface area contributed by atoms with E-state index in [2.05, 4.69) is 5.32 Å². The predicted molar refractivity (Wildman–Crippen MR) is 94.9 cm³/mol. The van der Waals surface area contributed by atoms with Crippen LogP contribution >= 0.6 is 0 Å². The van der Waals surface area contributed by atoms with Gasteiger partial charge in [-0.2, -0.15) is 4.31 Å². The number of amides is 1. The molecular weight excluding hydrogens is 340 g/mol. The van der Waals surface area contributed by atoms with Gasteiger partial charge in [-0.05, 0) is 44.9 Å². The second kappa shape index (κ2) is 7.43. The van der Waals surface area contributed by atoms with E-state index in [-0.39, 0.29) is 29.1 Å². The lowest BCUT2D eigenvalue weighted by atomic mass is 10.2. The van der Waals surface area contributed by atoms with Crippen LogP contribution in [-0.2, 0) is 14.8 Å². The second-order valence-corrected chi connectivity index (χ2v) is 9.00. The summed E-state index contributed by atoms with van der Waals surface area (Å²) in [5.74, 6) is -0.201. The van der Waals surface area contributed by atoms with Crippen LogP contribution in [0, 0.1) is 0 Å². The first-order valence-electron chi connectivity index (χ1n) is 8.93. The molecule has 1 N–H and O–H groups in total. The van der Waals surface area contributed by atoms with Crippen LogP contribution in [0.5, 0.6) is 0 Å². The van der Waals surface area contributed by atoms with Gasteiger partial charge in [-0.3, -0.25) is 4.79 Å². The Kier molecular flexibility index (Phi) is 5.46. The van der Waals surface area contributed by atoms with Gasteiger partial charge in [0.2, 0.25) is 10.0 Å². The number of hydrogen-bond donors (Lipinski definition) is 1. The van der Waals surface area contributed by atoms with Crippen LogP contribution in [0.25, 0.3) is 0 Å². The molecule has 0 spiro atoms. The Morgan fingerprint density at radius 3 is 2.44 bits per heavy atom. The van der Waals surface area contributed by atoms with Crippen molar-refractivity contribution in [2.75, 3.05) is 13.1 Å². The zero-order chi connectivity index (χ0) is 18.0. The number of ether oxygens (including phenoxy) is 1. The summed E-state index contributed by atoms with van der Waals surface area (Å²) in [5, 5.41) is 3.00. The summed E-state index contributed by atoms with van der Waals surface area (Å²) in [6.45, 7) is 4.38. The number of nitrogens with zero attached hydrogens (tertiary/aromatic N) is 1. The topological polar surface area (TPSA) is 75.7 Å². The maximum absolute atomic E-state index is 12.9. The standard InChI is InChI=1S/C18H26N2O4S/c1-13-11-20(12-14(2)24-13)25(22,23)17-9-5-6-15(10-17)18(21)19-16-7-3-4-8-16/h5-6,9-10,13-14,16H,3-4,7-8,11-12H2,1-2H3,(H,19,21). The lowest BCUT2D eigenvalue weighted by Gasteiger charge is -2.34. The van der Waals surface area contributed by atoms with E-state index >= 15 is 0 Å². The average Bonchev–Trinajstić information content (AvgIpc) is 3.07. The van der Waals surface area contributed by atoms with Gasteiger partial charge in [-0.15, -0.1) is 0 Å². The first-order chi connectivity index (χ1) is 11.9. The summed E-state index contributed by atoms with van der Waals surface area (Å²) in [4.78, 5) is 12.6. The lowest BCUT2D eigenvalue weighted by molar-refractivity contribution is -0.0440. The smallest absolute Gasteiger partial charge is 0.251 e. The number of carbonyl (C=O) groups excluding carboxylic acids is 1. The molecule has 3 rings (SSSR count). The zero-order valence-electron chi connectivity index (χ0n) is 14.8. The molecule has 1 saturated carbocycles. The number of sulfonamides is 1. The molecule has 0 bridgehead atoms. The Labute approximate surface area is 149 Å². The van der Waals surface area contributed by atoms with Crippen LogP contribution in [0.3, 0.4) is 0 Å². The quantitative estimate of drug-likeness (QED) is 0.886. The van der Waals surface area contributed by atoms with Crippen LogP contribution in [0.1, 0.15) is 49.9 Å². The molecule has 2 atom stereocenters. The van der Waals surface area contributed by atoms with Gasteiger partial charge in [0.1, 0.15) is 0 Å². The van der Waals surface area contributed by atoms with Gasteiger partial charge in [0.25, 0.3) is 5.91 Å². The third-order valence-electron chi connectivity index (χ3n) is 4.81. The van der Waals surface area contributed by atoms with Crippen molar-refractivity contribution >= 4 is 15.9 Å². The molecule has 138 valence electrons. The highest BCUT2D eigenvalue weighted by molar-refractivity contribution is 7.89. The Morgan fingerprint density at radius 1 is 1.16 bits per heavy atom. The lowest BCUT2D eigenvalue weighted by Crippen LogP contribution is -2.48. The molecule has 2 aliphatic rings. The third-order valence-corrected chi connectivity index (χ3v) is 6.64. The summed E-state index contributed by atoms with van der Waals surface area (Å²) in [6, 6.07) is 6.52. The van der Waals surface area contributed by atoms with E-state index in [0.717, 1.165) is 25.7 Å². The molecule has 0 aromatic heterocycles. The van der Waals surface area contributed by atoms with E-state index in [4.69, 9.17) is 4.74 Å². The van der Waals surface area contributed by atoms with Gasteiger partial charge in [-0.1, -0.05) is 18.9 Å². The summed E-state index contributed by atoms with van der Waals surface area (Å²) in [5.41, 5.74) is 0.391. The molecule has 25 heavy (non-hydrogen) atoms. The molecule has 1 amide bonds. The minimum absolute atomic E-state index is 0.146. The SMILES string of the molecule is CC1CN(S(=O)(=O)c2cccc(C(=O)NC3CCCC3)c2)CC(C)O1. The van der Waals surface area contributed by atoms with Gasteiger partial charge in [0.15, 0.2) is 0 Å². The highest BCUT2D eigenvalue weighted by Gasteiger charge is 2.32. The second-order valence-electron chi connectivity index (χ2n) is 7.06. The summed E-state index contributed by atoms with van der Waals surface area (Å²) in [7, 11) is -3.64. The molecule has 2 unspecified atom stereocenters. The monoisotopic (exact) mass is 366 g/mol. The average molecular weight is 366 g/mol. The first kappa shape index (κ1) is 18.4. The van der Waals surface area contributed by atoms with Crippen molar-refractivity contribution in [1.82, 2.24) is 9.62 Å². The highest BCUT2D eigenvalue weighted by atomic mass is 32.2. The number of benzene rings is 1. The number of morpholine rings is 1. The van der Waals surface area contributed by atoms with Gasteiger partial charge in [0, 0.05) is 24.7 Å². The van der Waals surface area contributed by atoms with Crippen molar-refractivity contribution in [2.24, 2.45) is 0 Å². The van der Waals surface area contributed by atoms with Crippen LogP contribution in [-0.4, -0.2) is 50.0 Å². The number of carbonyl (C=O) groups is 1. The molecule has 1 heterocycles. The molecule has 1 saturated heterocycles. The van der Waals surface area contributed by atoms with E-state index in [1.54, 1.807) is 18.2 Å². The normalized spacial score (nSPS) is 25.8. The third kappa shape index (κ3) is 4.22. The molecule has 0 radical (unpaired) electrons. The molecule has 1 aliphatic carbocycles. The molecule has 1 aromatic carbocycles. The fourth-order valence-corrected chi connectivity index (χ4v) is 5.25. The molecular formula is C18H26N2O4S. The Hall–Kier alpha value is -1.44. The highest BCUT2D eigenvalue weighted by Crippen LogP contribution is 2.23. The van der Waals surface area contributed by atoms with Crippen molar-refractivity contribution in [3.8, 4) is 0 Å². The van der Waals surface area contributed by atoms with Crippen LogP contribution in [0.4, 0.5) is 0 Å². The minimum Gasteiger partial charge on any atom is -0.373 e. The van der Waals surface area contributed by atoms with Crippen molar-refractivity contribution < 1.29 is 17.9 Å². The number of nitrogens with one attached hydrogen (secondary N) is 1. The number of hydrogen-bond acceptors (Lipinski definition) is 4. The van der Waals surface area contributed by atoms with Crippen molar-refractivity contribution in [1.29, 1.82) is 0 Å². The van der Waals surface area contributed by atoms with Crippen LogP contribution < -0.4 is 5.32 Å². The maximum atomic E-state index is 12.9. The Balaban J connectivity index is 1.78. The van der Waals surface area contributed by atoms with Crippen molar-refractivity contribution in [3.05, 3.63) is 29.8 Å². The molecule has 6 nitrogen and oxygen atoms in total. The summed E-state index contributed by atoms with van der Waals surface area (Å²) >= 11 is 0. The molecule has 1 aromatic rings. The molecule has 2 fully saturated rings. The number of rotatable bonds is 4. The fourth-order valence-electron chi connectivity index (χ4n) is 3.61. The van der Waals surface area contributed by atoms with Gasteiger partial charge in [0.05, 0.1) is 17.1 Å². The zero-order valence-corrected chi connectivity index (χ0v) is 15.6. The van der Waals surface area contributed by atoms with E-state index in [0.29, 0.717) is 18.7 Å². The van der Waals surface area contributed by atoms with Gasteiger partial charge >= 0.3 is 0 Å². The fraction of sp³-hybridized carbons (Fsp3) is 0.611. The van der Waals surface area contributed by atoms with Gasteiger partial charge < -0.3 is 10.1 Å². The van der Waals surface area contributed by atoms with E-state index < -0.39 is 10.0 Å². The van der Waals surface area contributed by atoms with E-state index in [1.807, 2.05) is 13.8 Å². The van der Waals surface area contributed by atoms with Crippen LogP contribution in [0.2, 0.25) is 0 Å². The maximum Gasteiger partial charge on any atom is 0.251 e. The van der Waals surface area contributed by atoms with E-state index in [1.165, 1.54) is 10.4 Å². The summed E-state index contributed by atoms with van der Waals surface area (Å²) < 4.78 is 32.9. The molecule has 1 aliphatic heterocycles. The first-order valence-corrected chi connectivity index (χ1v) is 10.4. The Bertz CT molecular complexity index is 718. The Morgan fingerprint density at radius 2 is 1.80 bits per heavy atom. The van der Waals surface area contributed by atoms with Crippen LogP contribution in [0.15, 0.2) is 29.2 Å². The van der Waals surface area contributed by atoms with E-state index in [9.17, 15) is 13.2 Å². The van der Waals surface area contributed by atoms with Crippen molar-refractivity contribution in [3.63, 3.8) is 0 Å². The van der Waals surface area contributed by atoms with Gasteiger partial charge in [-0.25, -0.2) is 8.42 Å². The predicted octanol–water partition coefficient (Wildman–Crippen LogP) is 2.16. The minimum atomic E-state index is -3.64. The molecule has 7 heteroatoms. The van der Waals surface area contributed by atoms with Crippen molar-refractivity contribution in [2.45, 2.75) is 62.7 Å². The largest absolute Gasteiger partial charge is 0.373 e.